The van der Waals surface area contributed by atoms with Crippen LogP contribution in [0, 0.1) is 6.92 Å². The van der Waals surface area contributed by atoms with Gasteiger partial charge in [0, 0.05) is 30.3 Å². The van der Waals surface area contributed by atoms with Gasteiger partial charge in [0.25, 0.3) is 5.91 Å². The van der Waals surface area contributed by atoms with Gasteiger partial charge in [0.05, 0.1) is 11.4 Å². The van der Waals surface area contributed by atoms with Crippen LogP contribution in [0.4, 0.5) is 13.2 Å². The van der Waals surface area contributed by atoms with Crippen LogP contribution >= 0.6 is 0 Å². The molecule has 0 saturated carbocycles. The number of nitrogens with zero attached hydrogens (tertiary/aromatic N) is 3. The number of aromatic nitrogens is 3. The van der Waals surface area contributed by atoms with E-state index in [4.69, 9.17) is 4.42 Å². The van der Waals surface area contributed by atoms with Crippen molar-refractivity contribution in [1.29, 1.82) is 0 Å². The molecule has 2 aromatic heterocycles. The van der Waals surface area contributed by atoms with Gasteiger partial charge in [-0.3, -0.25) is 4.79 Å². The lowest BCUT2D eigenvalue weighted by Crippen LogP contribution is -2.25. The number of hydrogen-bond donors (Lipinski definition) is 1. The summed E-state index contributed by atoms with van der Waals surface area (Å²) >= 11 is 0. The first-order valence-electron chi connectivity index (χ1n) is 9.82. The molecule has 0 aliphatic carbocycles. The molecule has 9 heteroatoms. The highest BCUT2D eigenvalue weighted by Crippen LogP contribution is 2.28. The van der Waals surface area contributed by atoms with E-state index in [1.54, 1.807) is 6.26 Å². The van der Waals surface area contributed by atoms with Gasteiger partial charge in [0.2, 0.25) is 5.89 Å². The van der Waals surface area contributed by atoms with Crippen molar-refractivity contribution < 1.29 is 22.4 Å². The van der Waals surface area contributed by atoms with Crippen LogP contribution in [0.2, 0.25) is 0 Å². The molecule has 0 spiro atoms. The minimum absolute atomic E-state index is 0.296. The average Bonchev–Trinajstić information content (AvgIpc) is 3.44. The lowest BCUT2D eigenvalue weighted by molar-refractivity contribution is -0.141. The smallest absolute Gasteiger partial charge is 0.435 e. The molecule has 1 N–H and O–H groups in total. The van der Waals surface area contributed by atoms with Crippen LogP contribution in [0.25, 0.3) is 17.1 Å². The summed E-state index contributed by atoms with van der Waals surface area (Å²) in [5, 5.41) is 6.31. The summed E-state index contributed by atoms with van der Waals surface area (Å²) in [6.45, 7) is 2.36. The number of carbonyl (C=O) groups is 1. The first-order chi connectivity index (χ1) is 15.3. The zero-order valence-corrected chi connectivity index (χ0v) is 17.1. The molecule has 0 atom stereocenters. The van der Waals surface area contributed by atoms with Crippen molar-refractivity contribution in [1.82, 2.24) is 20.1 Å². The second-order valence-electron chi connectivity index (χ2n) is 7.21. The molecule has 0 bridgehead atoms. The predicted molar refractivity (Wildman–Crippen MR) is 111 cm³/mol. The summed E-state index contributed by atoms with van der Waals surface area (Å²) in [4.78, 5) is 16.8. The summed E-state index contributed by atoms with van der Waals surface area (Å²) in [6.07, 6.45) is -1.22. The van der Waals surface area contributed by atoms with Gasteiger partial charge >= 0.3 is 6.18 Å². The van der Waals surface area contributed by atoms with Crippen molar-refractivity contribution in [3.8, 4) is 17.1 Å². The molecule has 164 valence electrons. The Morgan fingerprint density at radius 1 is 1.06 bits per heavy atom. The first-order valence-corrected chi connectivity index (χ1v) is 9.82. The average molecular weight is 440 g/mol. The molecule has 0 radical (unpaired) electrons. The summed E-state index contributed by atoms with van der Waals surface area (Å²) in [6, 6.07) is 14.9. The van der Waals surface area contributed by atoms with Gasteiger partial charge in [-0.1, -0.05) is 17.7 Å². The number of hydrogen-bond acceptors (Lipinski definition) is 4. The van der Waals surface area contributed by atoms with Gasteiger partial charge in [-0.15, -0.1) is 0 Å². The molecule has 6 nitrogen and oxygen atoms in total. The number of oxazole rings is 1. The third-order valence-corrected chi connectivity index (χ3v) is 4.79. The minimum atomic E-state index is -4.50. The standard InChI is InChI=1S/C23H19F3N4O2/c1-15-2-4-17(5-3-15)22-28-18(14-32-22)10-12-27-21(31)16-6-8-19(9-7-16)30-13-11-20(29-30)23(24,25)26/h2-9,11,13-14H,10,12H2,1H3,(H,27,31). The zero-order valence-electron chi connectivity index (χ0n) is 17.1. The summed E-state index contributed by atoms with van der Waals surface area (Å²) in [7, 11) is 0. The van der Waals surface area contributed by atoms with Crippen LogP contribution in [0.3, 0.4) is 0 Å². The molecule has 4 aromatic rings. The van der Waals surface area contributed by atoms with E-state index in [-0.39, 0.29) is 5.91 Å². The Morgan fingerprint density at radius 2 is 1.78 bits per heavy atom. The molecule has 0 unspecified atom stereocenters. The zero-order chi connectivity index (χ0) is 22.7. The van der Waals surface area contributed by atoms with E-state index in [0.717, 1.165) is 27.6 Å². The molecule has 32 heavy (non-hydrogen) atoms. The number of rotatable bonds is 6. The number of aryl methyl sites for hydroxylation is 1. The van der Waals surface area contributed by atoms with Gasteiger partial charge in [0.15, 0.2) is 5.69 Å². The maximum atomic E-state index is 12.7. The minimum Gasteiger partial charge on any atom is -0.444 e. The number of benzene rings is 2. The van der Waals surface area contributed by atoms with Gasteiger partial charge in [-0.2, -0.15) is 18.3 Å². The fraction of sp³-hybridized carbons (Fsp3) is 0.174. The molecule has 0 saturated heterocycles. The molecular formula is C23H19F3N4O2. The lowest BCUT2D eigenvalue weighted by Gasteiger charge is -2.06. The molecule has 0 aliphatic rings. The Hall–Kier alpha value is -3.88. The Balaban J connectivity index is 1.32. The van der Waals surface area contributed by atoms with Crippen LogP contribution < -0.4 is 5.32 Å². The highest BCUT2D eigenvalue weighted by atomic mass is 19.4. The number of nitrogens with one attached hydrogen (secondary N) is 1. The SMILES string of the molecule is Cc1ccc(-c2nc(CCNC(=O)c3ccc(-n4ccc(C(F)(F)F)n4)cc3)co2)cc1. The predicted octanol–water partition coefficient (Wildman–Crippen LogP) is 4.83. The van der Waals surface area contributed by atoms with E-state index in [1.807, 2.05) is 31.2 Å². The summed E-state index contributed by atoms with van der Waals surface area (Å²) < 4.78 is 44.7. The monoisotopic (exact) mass is 440 g/mol. The van der Waals surface area contributed by atoms with Crippen LogP contribution in [0.5, 0.6) is 0 Å². The second kappa shape index (κ2) is 8.70. The highest BCUT2D eigenvalue weighted by molar-refractivity contribution is 5.94. The molecular weight excluding hydrogens is 421 g/mol. The summed E-state index contributed by atoms with van der Waals surface area (Å²) in [5.74, 6) is 0.226. The highest BCUT2D eigenvalue weighted by Gasteiger charge is 2.33. The third-order valence-electron chi connectivity index (χ3n) is 4.79. The molecule has 4 rings (SSSR count). The van der Waals surface area contributed by atoms with Crippen LogP contribution in [-0.2, 0) is 12.6 Å². The normalized spacial score (nSPS) is 11.5. The van der Waals surface area contributed by atoms with E-state index in [9.17, 15) is 18.0 Å². The van der Waals surface area contributed by atoms with E-state index in [0.29, 0.717) is 30.1 Å². The second-order valence-corrected chi connectivity index (χ2v) is 7.21. The van der Waals surface area contributed by atoms with Gasteiger partial charge in [-0.25, -0.2) is 9.67 Å². The number of halogens is 3. The van der Waals surface area contributed by atoms with E-state index >= 15 is 0 Å². The largest absolute Gasteiger partial charge is 0.444 e. The molecule has 0 aliphatic heterocycles. The van der Waals surface area contributed by atoms with E-state index in [2.05, 4.69) is 15.4 Å². The molecule has 2 heterocycles. The van der Waals surface area contributed by atoms with Gasteiger partial charge in [-0.05, 0) is 49.4 Å². The van der Waals surface area contributed by atoms with Crippen molar-refractivity contribution in [3.05, 3.63) is 89.6 Å². The van der Waals surface area contributed by atoms with Crippen molar-refractivity contribution >= 4 is 5.91 Å². The Labute approximate surface area is 181 Å². The van der Waals surface area contributed by atoms with E-state index in [1.165, 1.54) is 30.5 Å². The maximum Gasteiger partial charge on any atom is 0.435 e. The number of carbonyl (C=O) groups excluding carboxylic acids is 1. The number of amides is 1. The van der Waals surface area contributed by atoms with Crippen molar-refractivity contribution in [2.75, 3.05) is 6.54 Å². The maximum absolute atomic E-state index is 12.7. The van der Waals surface area contributed by atoms with Crippen molar-refractivity contribution in [2.45, 2.75) is 19.5 Å². The summed E-state index contributed by atoms with van der Waals surface area (Å²) in [5.41, 5.74) is 2.58. The van der Waals surface area contributed by atoms with E-state index < -0.39 is 11.9 Å². The topological polar surface area (TPSA) is 73.0 Å². The van der Waals surface area contributed by atoms with Crippen LogP contribution in [0.1, 0.15) is 27.3 Å². The lowest BCUT2D eigenvalue weighted by atomic mass is 10.1. The first kappa shape index (κ1) is 21.4. The quantitative estimate of drug-likeness (QED) is 0.466. The molecule has 1 amide bonds. The fourth-order valence-corrected chi connectivity index (χ4v) is 3.04. The number of alkyl halides is 3. The van der Waals surface area contributed by atoms with Gasteiger partial charge < -0.3 is 9.73 Å². The van der Waals surface area contributed by atoms with Crippen LogP contribution in [-0.4, -0.2) is 27.2 Å². The van der Waals surface area contributed by atoms with Crippen molar-refractivity contribution in [2.24, 2.45) is 0 Å². The third kappa shape index (κ3) is 4.88. The fourth-order valence-electron chi connectivity index (χ4n) is 3.04. The molecule has 2 aromatic carbocycles. The Morgan fingerprint density at radius 3 is 2.44 bits per heavy atom. The Bertz CT molecular complexity index is 1210. The van der Waals surface area contributed by atoms with Crippen molar-refractivity contribution in [3.63, 3.8) is 0 Å². The van der Waals surface area contributed by atoms with Crippen LogP contribution in [0.15, 0.2) is 71.5 Å². The Kier molecular flexibility index (Phi) is 5.81. The molecule has 0 fully saturated rings. The van der Waals surface area contributed by atoms with Gasteiger partial charge in [0.1, 0.15) is 6.26 Å².